The molecule has 23 heavy (non-hydrogen) atoms. The van der Waals surface area contributed by atoms with Crippen molar-refractivity contribution in [3.8, 4) is 0 Å². The van der Waals surface area contributed by atoms with Crippen molar-refractivity contribution in [3.05, 3.63) is 77.4 Å². The topological polar surface area (TPSA) is 46.2 Å². The molecule has 0 fully saturated rings. The van der Waals surface area contributed by atoms with Crippen molar-refractivity contribution >= 4 is 28.0 Å². The van der Waals surface area contributed by atoms with Gasteiger partial charge in [-0.2, -0.15) is 0 Å². The Kier molecular flexibility index (Phi) is 3.01. The Morgan fingerprint density at radius 3 is 2.17 bits per heavy atom. The van der Waals surface area contributed by atoms with Crippen molar-refractivity contribution in [2.75, 3.05) is 12.4 Å². The van der Waals surface area contributed by atoms with Gasteiger partial charge in [0.15, 0.2) is 11.6 Å². The molecular weight excluding hydrogens is 286 g/mol. The van der Waals surface area contributed by atoms with Gasteiger partial charge in [-0.1, -0.05) is 48.5 Å². The van der Waals surface area contributed by atoms with Crippen LogP contribution in [0.3, 0.4) is 0 Å². The molecule has 0 saturated carbocycles. The lowest BCUT2D eigenvalue weighted by atomic mass is 9.76. The van der Waals surface area contributed by atoms with Crippen LogP contribution in [-0.4, -0.2) is 18.6 Å². The zero-order chi connectivity index (χ0) is 16.0. The third kappa shape index (κ3) is 1.90. The highest BCUT2D eigenvalue weighted by Crippen LogP contribution is 2.39. The van der Waals surface area contributed by atoms with E-state index >= 15 is 0 Å². The lowest BCUT2D eigenvalue weighted by Gasteiger charge is -2.24. The summed E-state index contributed by atoms with van der Waals surface area (Å²) in [6, 6.07) is 18.6. The summed E-state index contributed by atoms with van der Waals surface area (Å²) in [4.78, 5) is 25.9. The molecule has 0 saturated heterocycles. The van der Waals surface area contributed by atoms with Gasteiger partial charge in [-0.15, -0.1) is 0 Å². The van der Waals surface area contributed by atoms with Crippen LogP contribution in [0.25, 0.3) is 10.8 Å². The van der Waals surface area contributed by atoms with E-state index in [1.165, 1.54) is 0 Å². The van der Waals surface area contributed by atoms with Crippen LogP contribution in [0, 0.1) is 0 Å². The summed E-state index contributed by atoms with van der Waals surface area (Å²) in [6.07, 6.45) is 0. The molecule has 3 aromatic rings. The van der Waals surface area contributed by atoms with Crippen molar-refractivity contribution in [1.29, 1.82) is 0 Å². The van der Waals surface area contributed by atoms with Crippen LogP contribution in [0.15, 0.2) is 60.7 Å². The zero-order valence-corrected chi connectivity index (χ0v) is 12.7. The maximum atomic E-state index is 13.0. The van der Waals surface area contributed by atoms with Gasteiger partial charge in [0, 0.05) is 34.6 Å². The van der Waals surface area contributed by atoms with Crippen molar-refractivity contribution < 1.29 is 9.59 Å². The molecule has 1 N–H and O–H groups in total. The van der Waals surface area contributed by atoms with Gasteiger partial charge < -0.3 is 5.32 Å². The normalized spacial score (nSPS) is 16.7. The molecule has 3 aromatic carbocycles. The minimum absolute atomic E-state index is 0.118. The summed E-state index contributed by atoms with van der Waals surface area (Å²) in [5.41, 5.74) is 2.93. The predicted octanol–water partition coefficient (Wildman–Crippen LogP) is 4.04. The predicted molar refractivity (Wildman–Crippen MR) is 91.3 cm³/mol. The second-order valence-electron chi connectivity index (χ2n) is 5.71. The monoisotopic (exact) mass is 301 g/mol. The highest BCUT2D eigenvalue weighted by atomic mass is 16.2. The third-order valence-corrected chi connectivity index (χ3v) is 4.50. The number of nitrogens with one attached hydrogen (secondary N) is 1. The van der Waals surface area contributed by atoms with E-state index in [4.69, 9.17) is 0 Å². The molecule has 0 bridgehead atoms. The summed E-state index contributed by atoms with van der Waals surface area (Å²) < 4.78 is 0. The number of rotatable bonds is 2. The first kappa shape index (κ1) is 13.7. The van der Waals surface area contributed by atoms with Gasteiger partial charge in [-0.3, -0.25) is 9.59 Å². The van der Waals surface area contributed by atoms with Gasteiger partial charge in [0.25, 0.3) is 0 Å². The molecule has 0 aliphatic heterocycles. The Labute approximate surface area is 133 Å². The third-order valence-electron chi connectivity index (χ3n) is 4.50. The number of hydrogen-bond acceptors (Lipinski definition) is 3. The first-order chi connectivity index (χ1) is 11.2. The van der Waals surface area contributed by atoms with E-state index in [-0.39, 0.29) is 11.6 Å². The average Bonchev–Trinajstić information content (AvgIpc) is 2.60. The number of hydrogen-bond donors (Lipinski definition) is 1. The lowest BCUT2D eigenvalue weighted by Crippen LogP contribution is -2.27. The van der Waals surface area contributed by atoms with Crippen LogP contribution in [0.4, 0.5) is 5.69 Å². The van der Waals surface area contributed by atoms with Crippen molar-refractivity contribution in [1.82, 2.24) is 0 Å². The number of carbonyl (C=O) groups is 2. The van der Waals surface area contributed by atoms with E-state index in [0.29, 0.717) is 11.1 Å². The lowest BCUT2D eigenvalue weighted by molar-refractivity contribution is 0.0856. The minimum atomic E-state index is -0.741. The number of benzene rings is 3. The second kappa shape index (κ2) is 5.06. The molecule has 1 atom stereocenters. The maximum Gasteiger partial charge on any atom is 0.178 e. The largest absolute Gasteiger partial charge is 0.388 e. The molecule has 112 valence electrons. The van der Waals surface area contributed by atoms with Crippen molar-refractivity contribution in [3.63, 3.8) is 0 Å². The Hall–Kier alpha value is -2.94. The standard InChI is InChI=1S/C20H15NO2/c1-21-16-11-10-15-18-13(16)8-5-9-14(18)19(22)17(20(15)23)12-6-3-2-4-7-12/h2-11,17,21H,1H3. The molecule has 0 amide bonds. The van der Waals surface area contributed by atoms with Gasteiger partial charge in [-0.25, -0.2) is 0 Å². The number of anilines is 1. The van der Waals surface area contributed by atoms with E-state index in [9.17, 15) is 9.59 Å². The zero-order valence-electron chi connectivity index (χ0n) is 12.7. The fourth-order valence-corrected chi connectivity index (χ4v) is 3.41. The molecule has 0 heterocycles. The van der Waals surface area contributed by atoms with Crippen LogP contribution in [0.1, 0.15) is 32.2 Å². The first-order valence-electron chi connectivity index (χ1n) is 7.59. The molecule has 1 aliphatic rings. The van der Waals surface area contributed by atoms with Crippen LogP contribution in [-0.2, 0) is 0 Å². The highest BCUT2D eigenvalue weighted by Gasteiger charge is 2.36. The van der Waals surface area contributed by atoms with E-state index in [0.717, 1.165) is 22.0 Å². The molecule has 3 heteroatoms. The SMILES string of the molecule is CNc1ccc2c3c(cccc13)C(=O)C(c1ccccc1)C2=O. The van der Waals surface area contributed by atoms with Crippen LogP contribution in [0.5, 0.6) is 0 Å². The summed E-state index contributed by atoms with van der Waals surface area (Å²) in [5.74, 6) is -0.977. The van der Waals surface area contributed by atoms with Crippen molar-refractivity contribution in [2.24, 2.45) is 0 Å². The Balaban J connectivity index is 2.01. The molecule has 1 aliphatic carbocycles. The highest BCUT2D eigenvalue weighted by molar-refractivity contribution is 6.32. The smallest absolute Gasteiger partial charge is 0.178 e. The van der Waals surface area contributed by atoms with E-state index in [1.54, 1.807) is 0 Å². The summed E-state index contributed by atoms with van der Waals surface area (Å²) in [6.45, 7) is 0. The van der Waals surface area contributed by atoms with Crippen LogP contribution >= 0.6 is 0 Å². The van der Waals surface area contributed by atoms with E-state index in [2.05, 4.69) is 5.32 Å². The van der Waals surface area contributed by atoms with Gasteiger partial charge in [-0.05, 0) is 17.7 Å². The maximum absolute atomic E-state index is 13.0. The van der Waals surface area contributed by atoms with Gasteiger partial charge in [0.05, 0.1) is 0 Å². The molecule has 0 aromatic heterocycles. The Morgan fingerprint density at radius 1 is 0.783 bits per heavy atom. The fraction of sp³-hybridized carbons (Fsp3) is 0.100. The first-order valence-corrected chi connectivity index (χ1v) is 7.59. The van der Waals surface area contributed by atoms with Crippen molar-refractivity contribution in [2.45, 2.75) is 5.92 Å². The van der Waals surface area contributed by atoms with Crippen LogP contribution < -0.4 is 5.32 Å². The molecule has 0 radical (unpaired) electrons. The van der Waals surface area contributed by atoms with Gasteiger partial charge in [0.2, 0.25) is 0 Å². The summed E-state index contributed by atoms with van der Waals surface area (Å²) in [7, 11) is 1.84. The minimum Gasteiger partial charge on any atom is -0.388 e. The number of Topliss-reactive ketones (excluding diaryl/α,β-unsaturated/α-hetero) is 2. The van der Waals surface area contributed by atoms with Crippen LogP contribution in [0.2, 0.25) is 0 Å². The Bertz CT molecular complexity index is 922. The fourth-order valence-electron chi connectivity index (χ4n) is 3.41. The van der Waals surface area contributed by atoms with Gasteiger partial charge in [0.1, 0.15) is 5.92 Å². The summed E-state index contributed by atoms with van der Waals surface area (Å²) in [5, 5.41) is 4.80. The van der Waals surface area contributed by atoms with Gasteiger partial charge >= 0.3 is 0 Å². The molecule has 1 unspecified atom stereocenters. The second-order valence-corrected chi connectivity index (χ2v) is 5.71. The summed E-state index contributed by atoms with van der Waals surface area (Å²) >= 11 is 0. The molecular formula is C20H15NO2. The number of ketones is 2. The quantitative estimate of drug-likeness (QED) is 0.726. The van der Waals surface area contributed by atoms with E-state index in [1.807, 2.05) is 67.7 Å². The molecule has 0 spiro atoms. The molecule has 3 nitrogen and oxygen atoms in total. The average molecular weight is 301 g/mol. The molecule has 4 rings (SSSR count). The van der Waals surface area contributed by atoms with E-state index < -0.39 is 5.92 Å². The Morgan fingerprint density at radius 2 is 1.48 bits per heavy atom. The number of carbonyl (C=O) groups excluding carboxylic acids is 2.